The largest absolute Gasteiger partial charge is 0.465 e. The summed E-state index contributed by atoms with van der Waals surface area (Å²) in [6.45, 7) is 5.87. The Kier molecular flexibility index (Phi) is 3.11. The van der Waals surface area contributed by atoms with Crippen LogP contribution in [0.2, 0.25) is 0 Å². The first-order valence-electron chi connectivity index (χ1n) is 4.98. The van der Waals surface area contributed by atoms with Gasteiger partial charge in [-0.3, -0.25) is 0 Å². The van der Waals surface area contributed by atoms with Gasteiger partial charge in [0.2, 0.25) is 0 Å². The van der Waals surface area contributed by atoms with E-state index in [4.69, 9.17) is 5.73 Å². The summed E-state index contributed by atoms with van der Waals surface area (Å²) in [4.78, 5) is 11.6. The van der Waals surface area contributed by atoms with Gasteiger partial charge in [0, 0.05) is 7.05 Å². The van der Waals surface area contributed by atoms with E-state index in [1.807, 2.05) is 20.8 Å². The molecule has 0 spiro atoms. The molecule has 90 valence electrons. The van der Waals surface area contributed by atoms with Crippen molar-refractivity contribution in [3.63, 3.8) is 0 Å². The van der Waals surface area contributed by atoms with Gasteiger partial charge in [0.05, 0.1) is 12.6 Å². The number of hydrogen-bond acceptors (Lipinski definition) is 5. The second kappa shape index (κ2) is 4.03. The highest BCUT2D eigenvalue weighted by molar-refractivity contribution is 5.99. The maximum atomic E-state index is 11.6. The summed E-state index contributed by atoms with van der Waals surface area (Å²) in [6.07, 6.45) is 0. The Morgan fingerprint density at radius 2 is 2.06 bits per heavy atom. The molecule has 0 radical (unpaired) electrons. The van der Waals surface area contributed by atoms with Gasteiger partial charge in [-0.15, -0.1) is 0 Å². The highest BCUT2D eigenvalue weighted by Crippen LogP contribution is 2.27. The fourth-order valence-electron chi connectivity index (χ4n) is 1.42. The number of carbonyl (C=O) groups excluding carboxylic acids is 1. The Bertz CT molecular complexity index is 404. The molecule has 0 aliphatic carbocycles. The SMILES string of the molecule is CNc1nn(C(C)(C)C)c(N)c1C(=O)OC. The van der Waals surface area contributed by atoms with Crippen molar-refractivity contribution in [3.05, 3.63) is 5.56 Å². The first-order valence-corrected chi connectivity index (χ1v) is 4.98. The highest BCUT2D eigenvalue weighted by Gasteiger charge is 2.27. The molecule has 6 heteroatoms. The van der Waals surface area contributed by atoms with Crippen LogP contribution < -0.4 is 11.1 Å². The molecule has 0 aliphatic heterocycles. The lowest BCUT2D eigenvalue weighted by Gasteiger charge is -2.20. The number of ether oxygens (including phenoxy) is 1. The first kappa shape index (κ1) is 12.4. The molecule has 6 nitrogen and oxygen atoms in total. The number of nitrogen functional groups attached to an aromatic ring is 1. The smallest absolute Gasteiger partial charge is 0.345 e. The maximum Gasteiger partial charge on any atom is 0.345 e. The Morgan fingerprint density at radius 3 is 2.44 bits per heavy atom. The summed E-state index contributed by atoms with van der Waals surface area (Å²) in [6, 6.07) is 0. The topological polar surface area (TPSA) is 82.2 Å². The van der Waals surface area contributed by atoms with Crippen molar-refractivity contribution < 1.29 is 9.53 Å². The van der Waals surface area contributed by atoms with Gasteiger partial charge in [-0.05, 0) is 20.8 Å². The van der Waals surface area contributed by atoms with Crippen molar-refractivity contribution in [2.24, 2.45) is 0 Å². The van der Waals surface area contributed by atoms with Crippen LogP contribution in [-0.2, 0) is 10.3 Å². The van der Waals surface area contributed by atoms with Gasteiger partial charge in [-0.2, -0.15) is 5.10 Å². The predicted molar refractivity (Wildman–Crippen MR) is 62.5 cm³/mol. The average Bonchev–Trinajstić information content (AvgIpc) is 2.53. The number of hydrogen-bond donors (Lipinski definition) is 2. The molecule has 0 fully saturated rings. The zero-order valence-electron chi connectivity index (χ0n) is 10.3. The minimum atomic E-state index is -0.489. The van der Waals surface area contributed by atoms with Crippen LogP contribution in [0.25, 0.3) is 0 Å². The molecule has 0 saturated heterocycles. The Balaban J connectivity index is 3.38. The second-order valence-electron chi connectivity index (χ2n) is 4.43. The number of nitrogens with one attached hydrogen (secondary N) is 1. The summed E-state index contributed by atoms with van der Waals surface area (Å²) < 4.78 is 6.28. The standard InChI is InChI=1S/C10H18N4O2/c1-10(2,3)14-7(11)6(9(15)16-5)8(12-4)13-14/h11H2,1-5H3,(H,12,13). The molecular weight excluding hydrogens is 208 g/mol. The van der Waals surface area contributed by atoms with Crippen molar-refractivity contribution >= 4 is 17.6 Å². The normalized spacial score (nSPS) is 11.3. The molecule has 0 amide bonds. The van der Waals surface area contributed by atoms with Gasteiger partial charge < -0.3 is 15.8 Å². The third kappa shape index (κ3) is 1.95. The number of aromatic nitrogens is 2. The van der Waals surface area contributed by atoms with E-state index in [1.165, 1.54) is 7.11 Å². The van der Waals surface area contributed by atoms with Crippen LogP contribution >= 0.6 is 0 Å². The molecule has 1 heterocycles. The molecule has 1 aromatic rings. The molecule has 1 rings (SSSR count). The van der Waals surface area contributed by atoms with Gasteiger partial charge in [0.1, 0.15) is 11.4 Å². The Morgan fingerprint density at radius 1 is 1.50 bits per heavy atom. The quantitative estimate of drug-likeness (QED) is 0.736. The molecule has 0 saturated carbocycles. The van der Waals surface area contributed by atoms with Crippen LogP contribution in [0, 0.1) is 0 Å². The van der Waals surface area contributed by atoms with E-state index in [-0.39, 0.29) is 11.1 Å². The number of nitrogens with zero attached hydrogens (tertiary/aromatic N) is 2. The molecule has 3 N–H and O–H groups in total. The van der Waals surface area contributed by atoms with Crippen LogP contribution in [0.1, 0.15) is 31.1 Å². The van der Waals surface area contributed by atoms with Crippen molar-refractivity contribution in [2.75, 3.05) is 25.2 Å². The number of anilines is 2. The van der Waals surface area contributed by atoms with Crippen LogP contribution in [0.15, 0.2) is 0 Å². The van der Waals surface area contributed by atoms with Gasteiger partial charge in [-0.25, -0.2) is 9.48 Å². The average molecular weight is 226 g/mol. The summed E-state index contributed by atoms with van der Waals surface area (Å²) in [5, 5.41) is 7.08. The van der Waals surface area contributed by atoms with Crippen LogP contribution in [-0.4, -0.2) is 29.9 Å². The van der Waals surface area contributed by atoms with Crippen LogP contribution in [0.4, 0.5) is 11.6 Å². The summed E-state index contributed by atoms with van der Waals surface area (Å²) in [5.41, 5.74) is 5.89. The second-order valence-corrected chi connectivity index (χ2v) is 4.43. The van der Waals surface area contributed by atoms with Crippen molar-refractivity contribution in [3.8, 4) is 0 Å². The van der Waals surface area contributed by atoms with Gasteiger partial charge in [-0.1, -0.05) is 0 Å². The zero-order valence-corrected chi connectivity index (χ0v) is 10.3. The third-order valence-electron chi connectivity index (χ3n) is 2.18. The minimum Gasteiger partial charge on any atom is -0.465 e. The van der Waals surface area contributed by atoms with Crippen molar-refractivity contribution in [1.82, 2.24) is 9.78 Å². The van der Waals surface area contributed by atoms with E-state index < -0.39 is 5.97 Å². The maximum absolute atomic E-state index is 11.6. The van der Waals surface area contributed by atoms with E-state index in [1.54, 1.807) is 11.7 Å². The molecule has 0 atom stereocenters. The number of rotatable bonds is 2. The van der Waals surface area contributed by atoms with Crippen molar-refractivity contribution in [1.29, 1.82) is 0 Å². The van der Waals surface area contributed by atoms with E-state index >= 15 is 0 Å². The predicted octanol–water partition coefficient (Wildman–Crippen LogP) is 1.05. The highest BCUT2D eigenvalue weighted by atomic mass is 16.5. The lowest BCUT2D eigenvalue weighted by atomic mass is 10.1. The van der Waals surface area contributed by atoms with Crippen LogP contribution in [0.5, 0.6) is 0 Å². The first-order chi connectivity index (χ1) is 7.32. The van der Waals surface area contributed by atoms with E-state index in [9.17, 15) is 4.79 Å². The summed E-state index contributed by atoms with van der Waals surface area (Å²) >= 11 is 0. The van der Waals surface area contributed by atoms with Gasteiger partial charge in [0.15, 0.2) is 5.82 Å². The summed E-state index contributed by atoms with van der Waals surface area (Å²) in [5.74, 6) is 0.250. The molecule has 0 aliphatic rings. The Labute approximate surface area is 94.8 Å². The lowest BCUT2D eigenvalue weighted by Crippen LogP contribution is -2.25. The number of carbonyl (C=O) groups is 1. The zero-order chi connectivity index (χ0) is 12.5. The monoisotopic (exact) mass is 226 g/mol. The molecule has 16 heavy (non-hydrogen) atoms. The summed E-state index contributed by atoms with van der Waals surface area (Å²) in [7, 11) is 3.00. The van der Waals surface area contributed by atoms with E-state index in [0.717, 1.165) is 0 Å². The molecular formula is C10H18N4O2. The minimum absolute atomic E-state index is 0.278. The fraction of sp³-hybridized carbons (Fsp3) is 0.600. The van der Waals surface area contributed by atoms with Crippen molar-refractivity contribution in [2.45, 2.75) is 26.3 Å². The number of nitrogens with two attached hydrogens (primary N) is 1. The third-order valence-corrected chi connectivity index (χ3v) is 2.18. The lowest BCUT2D eigenvalue weighted by molar-refractivity contribution is 0.0603. The molecule has 1 aromatic heterocycles. The van der Waals surface area contributed by atoms with Gasteiger partial charge in [0.25, 0.3) is 0 Å². The van der Waals surface area contributed by atoms with E-state index in [2.05, 4.69) is 15.2 Å². The number of methoxy groups -OCH3 is 1. The Hall–Kier alpha value is -1.72. The van der Waals surface area contributed by atoms with Crippen LogP contribution in [0.3, 0.4) is 0 Å². The molecule has 0 bridgehead atoms. The van der Waals surface area contributed by atoms with E-state index in [0.29, 0.717) is 11.6 Å². The molecule has 0 unspecified atom stereocenters. The number of esters is 1. The van der Waals surface area contributed by atoms with Gasteiger partial charge >= 0.3 is 5.97 Å². The fourth-order valence-corrected chi connectivity index (χ4v) is 1.42. The molecule has 0 aromatic carbocycles.